The normalized spacial score (nSPS) is 10.2. The largest absolute Gasteiger partial charge is 0.338 e. The first-order valence-corrected chi connectivity index (χ1v) is 5.06. The number of hydrogen-bond acceptors (Lipinski definition) is 2. The van der Waals surface area contributed by atoms with Crippen molar-refractivity contribution in [2.75, 3.05) is 19.0 Å². The Morgan fingerprint density at radius 3 is 2.86 bits per heavy atom. The molecule has 0 N–H and O–H groups in total. The lowest BCUT2D eigenvalue weighted by Crippen LogP contribution is -2.32. The summed E-state index contributed by atoms with van der Waals surface area (Å²) in [5.74, 6) is 0.445. The maximum absolute atomic E-state index is 11.8. The van der Waals surface area contributed by atoms with Gasteiger partial charge in [0, 0.05) is 32.2 Å². The van der Waals surface area contributed by atoms with E-state index in [1.54, 1.807) is 29.0 Å². The number of amides is 1. The molecular formula is C9H14ClN3O. The van der Waals surface area contributed by atoms with Crippen LogP contribution in [0.4, 0.5) is 0 Å². The number of carbonyl (C=O) groups excluding carboxylic acids is 1. The van der Waals surface area contributed by atoms with Crippen LogP contribution in [0.2, 0.25) is 0 Å². The molecule has 0 bridgehead atoms. The van der Waals surface area contributed by atoms with Crippen molar-refractivity contribution in [1.82, 2.24) is 14.7 Å². The second kappa shape index (κ2) is 5.00. The van der Waals surface area contributed by atoms with Crippen LogP contribution in [0.1, 0.15) is 17.3 Å². The molecule has 0 spiro atoms. The van der Waals surface area contributed by atoms with E-state index < -0.39 is 0 Å². The minimum absolute atomic E-state index is 0.0127. The molecule has 0 atom stereocenters. The van der Waals surface area contributed by atoms with Gasteiger partial charge in [-0.1, -0.05) is 0 Å². The van der Waals surface area contributed by atoms with Crippen LogP contribution < -0.4 is 0 Å². The van der Waals surface area contributed by atoms with E-state index in [9.17, 15) is 4.79 Å². The van der Waals surface area contributed by atoms with Gasteiger partial charge in [0.05, 0.1) is 11.8 Å². The molecule has 0 unspecified atom stereocenters. The van der Waals surface area contributed by atoms with Crippen LogP contribution in [0.5, 0.6) is 0 Å². The molecule has 14 heavy (non-hydrogen) atoms. The number of rotatable bonds is 4. The van der Waals surface area contributed by atoms with E-state index in [2.05, 4.69) is 5.10 Å². The van der Waals surface area contributed by atoms with Crippen molar-refractivity contribution >= 4 is 17.5 Å². The first-order valence-electron chi connectivity index (χ1n) is 4.53. The molecule has 1 amide bonds. The van der Waals surface area contributed by atoms with E-state index >= 15 is 0 Å². The van der Waals surface area contributed by atoms with Gasteiger partial charge in [-0.25, -0.2) is 0 Å². The lowest BCUT2D eigenvalue weighted by atomic mass is 10.3. The molecule has 1 aromatic rings. The Labute approximate surface area is 88.5 Å². The fraction of sp³-hybridized carbons (Fsp3) is 0.556. The fourth-order valence-electron chi connectivity index (χ4n) is 1.22. The van der Waals surface area contributed by atoms with Crippen molar-refractivity contribution in [3.05, 3.63) is 18.0 Å². The highest BCUT2D eigenvalue weighted by atomic mass is 35.5. The van der Waals surface area contributed by atoms with Crippen LogP contribution in [-0.2, 0) is 7.05 Å². The first-order chi connectivity index (χ1) is 6.69. The highest BCUT2D eigenvalue weighted by molar-refractivity contribution is 6.18. The SMILES string of the molecule is CCN(CCCl)C(=O)c1cnn(C)c1. The number of hydrogen-bond donors (Lipinski definition) is 0. The number of aromatic nitrogens is 2. The third-order valence-corrected chi connectivity index (χ3v) is 2.14. The van der Waals surface area contributed by atoms with Gasteiger partial charge in [0.15, 0.2) is 0 Å². The first kappa shape index (κ1) is 11.0. The van der Waals surface area contributed by atoms with Crippen LogP contribution in [0.15, 0.2) is 12.4 Å². The summed E-state index contributed by atoms with van der Waals surface area (Å²) in [6.45, 7) is 3.17. The lowest BCUT2D eigenvalue weighted by Gasteiger charge is -2.18. The number of carbonyl (C=O) groups is 1. The molecule has 4 nitrogen and oxygen atoms in total. The predicted molar refractivity (Wildman–Crippen MR) is 55.5 cm³/mol. The minimum Gasteiger partial charge on any atom is -0.338 e. The predicted octanol–water partition coefficient (Wildman–Crippen LogP) is 1.12. The zero-order chi connectivity index (χ0) is 10.6. The quantitative estimate of drug-likeness (QED) is 0.706. The van der Waals surface area contributed by atoms with E-state index in [1.165, 1.54) is 0 Å². The Bertz CT molecular complexity index is 311. The van der Waals surface area contributed by atoms with Crippen LogP contribution in [0, 0.1) is 0 Å². The maximum atomic E-state index is 11.8. The highest BCUT2D eigenvalue weighted by Gasteiger charge is 2.14. The molecule has 0 radical (unpaired) electrons. The van der Waals surface area contributed by atoms with Gasteiger partial charge in [0.2, 0.25) is 0 Å². The van der Waals surface area contributed by atoms with Crippen molar-refractivity contribution in [1.29, 1.82) is 0 Å². The molecule has 1 aromatic heterocycles. The molecular weight excluding hydrogens is 202 g/mol. The molecule has 0 aliphatic rings. The summed E-state index contributed by atoms with van der Waals surface area (Å²) in [5.41, 5.74) is 0.611. The van der Waals surface area contributed by atoms with Gasteiger partial charge >= 0.3 is 0 Å². The Morgan fingerprint density at radius 2 is 2.43 bits per heavy atom. The van der Waals surface area contributed by atoms with Crippen molar-refractivity contribution in [2.45, 2.75) is 6.92 Å². The standard InChI is InChI=1S/C9H14ClN3O/c1-3-13(5-4-10)9(14)8-6-11-12(2)7-8/h6-7H,3-5H2,1-2H3. The second-order valence-corrected chi connectivity index (χ2v) is 3.35. The Kier molecular flexibility index (Phi) is 3.95. The fourth-order valence-corrected chi connectivity index (χ4v) is 1.42. The van der Waals surface area contributed by atoms with Crippen molar-refractivity contribution in [3.8, 4) is 0 Å². The Balaban J connectivity index is 2.72. The summed E-state index contributed by atoms with van der Waals surface area (Å²) in [6, 6.07) is 0. The summed E-state index contributed by atoms with van der Waals surface area (Å²) < 4.78 is 1.61. The van der Waals surface area contributed by atoms with Gasteiger partial charge in [-0.05, 0) is 6.92 Å². The monoisotopic (exact) mass is 215 g/mol. The van der Waals surface area contributed by atoms with Crippen LogP contribution in [0.3, 0.4) is 0 Å². The van der Waals surface area contributed by atoms with Crippen LogP contribution in [-0.4, -0.2) is 39.6 Å². The molecule has 0 saturated heterocycles. The molecule has 5 heteroatoms. The van der Waals surface area contributed by atoms with Gasteiger partial charge in [0.25, 0.3) is 5.91 Å². The van der Waals surface area contributed by atoms with Crippen molar-refractivity contribution in [2.24, 2.45) is 7.05 Å². The molecule has 1 rings (SSSR count). The van der Waals surface area contributed by atoms with Crippen molar-refractivity contribution < 1.29 is 4.79 Å². The van der Waals surface area contributed by atoms with E-state index in [4.69, 9.17) is 11.6 Å². The van der Waals surface area contributed by atoms with E-state index in [0.29, 0.717) is 24.5 Å². The number of alkyl halides is 1. The third kappa shape index (κ3) is 2.48. The van der Waals surface area contributed by atoms with E-state index in [0.717, 1.165) is 0 Å². The van der Waals surface area contributed by atoms with Gasteiger partial charge in [0.1, 0.15) is 0 Å². The Hall–Kier alpha value is -1.03. The van der Waals surface area contributed by atoms with Gasteiger partial charge in [-0.3, -0.25) is 9.48 Å². The number of halogens is 1. The lowest BCUT2D eigenvalue weighted by molar-refractivity contribution is 0.0774. The average Bonchev–Trinajstić information content (AvgIpc) is 2.60. The van der Waals surface area contributed by atoms with E-state index in [1.807, 2.05) is 6.92 Å². The summed E-state index contributed by atoms with van der Waals surface area (Å²) in [6.07, 6.45) is 3.28. The number of nitrogens with zero attached hydrogens (tertiary/aromatic N) is 3. The molecule has 1 heterocycles. The zero-order valence-electron chi connectivity index (χ0n) is 8.40. The zero-order valence-corrected chi connectivity index (χ0v) is 9.16. The molecule has 78 valence electrons. The van der Waals surface area contributed by atoms with Gasteiger partial charge < -0.3 is 4.90 Å². The maximum Gasteiger partial charge on any atom is 0.257 e. The molecule has 0 aliphatic carbocycles. The summed E-state index contributed by atoms with van der Waals surface area (Å²) in [5, 5.41) is 3.95. The van der Waals surface area contributed by atoms with Gasteiger partial charge in [-0.2, -0.15) is 5.10 Å². The van der Waals surface area contributed by atoms with Crippen molar-refractivity contribution in [3.63, 3.8) is 0 Å². The number of aryl methyl sites for hydroxylation is 1. The minimum atomic E-state index is -0.0127. The molecule has 0 aromatic carbocycles. The van der Waals surface area contributed by atoms with E-state index in [-0.39, 0.29) is 5.91 Å². The Morgan fingerprint density at radius 1 is 1.71 bits per heavy atom. The van der Waals surface area contributed by atoms with Crippen LogP contribution >= 0.6 is 11.6 Å². The molecule has 0 saturated carbocycles. The smallest absolute Gasteiger partial charge is 0.257 e. The third-order valence-electron chi connectivity index (χ3n) is 1.98. The topological polar surface area (TPSA) is 38.1 Å². The average molecular weight is 216 g/mol. The summed E-state index contributed by atoms with van der Waals surface area (Å²) in [7, 11) is 1.79. The van der Waals surface area contributed by atoms with Crippen LogP contribution in [0.25, 0.3) is 0 Å². The highest BCUT2D eigenvalue weighted by Crippen LogP contribution is 2.03. The molecule has 0 fully saturated rings. The molecule has 0 aliphatic heterocycles. The summed E-state index contributed by atoms with van der Waals surface area (Å²) in [4.78, 5) is 13.5. The summed E-state index contributed by atoms with van der Waals surface area (Å²) >= 11 is 5.60. The van der Waals surface area contributed by atoms with Gasteiger partial charge in [-0.15, -0.1) is 11.6 Å². The second-order valence-electron chi connectivity index (χ2n) is 2.98.